The van der Waals surface area contributed by atoms with Crippen LogP contribution in [0, 0.1) is 0 Å². The van der Waals surface area contributed by atoms with Crippen molar-refractivity contribution in [3.05, 3.63) is 19.2 Å². The number of carbonyl (C=O) groups excluding carboxylic acids is 1. The van der Waals surface area contributed by atoms with E-state index in [4.69, 9.17) is 0 Å². The molecule has 1 heterocycles. The molecule has 0 saturated heterocycles. The molecule has 2 nitrogen and oxygen atoms in total. The molecule has 0 fully saturated rings. The van der Waals surface area contributed by atoms with Gasteiger partial charge in [-0.15, -0.1) is 11.3 Å². The molecule has 0 bridgehead atoms. The highest BCUT2D eigenvalue weighted by Gasteiger charge is 2.13. The molecule has 1 unspecified atom stereocenters. The van der Waals surface area contributed by atoms with Crippen LogP contribution in [0.1, 0.15) is 23.7 Å². The van der Waals surface area contributed by atoms with Gasteiger partial charge in [-0.1, -0.05) is 22.9 Å². The fraction of sp³-hybridized carbons (Fsp3) is 0.444. The van der Waals surface area contributed by atoms with Gasteiger partial charge in [-0.05, 0) is 44.3 Å². The van der Waals surface area contributed by atoms with Crippen LogP contribution >= 0.6 is 59.1 Å². The minimum Gasteiger partial charge on any atom is -0.351 e. The van der Waals surface area contributed by atoms with Gasteiger partial charge in [0.25, 0.3) is 5.91 Å². The van der Waals surface area contributed by atoms with E-state index in [0.29, 0.717) is 16.9 Å². The molecule has 84 valence electrons. The summed E-state index contributed by atoms with van der Waals surface area (Å²) in [6.07, 6.45) is 0.995. The summed E-state index contributed by atoms with van der Waals surface area (Å²) in [5.74, 6) is -0.0401. The normalized spacial score (nSPS) is 12.5. The second-order valence-corrected chi connectivity index (χ2v) is 8.00. The zero-order chi connectivity index (χ0) is 11.4. The minimum absolute atomic E-state index is 0.0401. The molecule has 0 spiro atoms. The molecule has 0 aliphatic carbocycles. The van der Waals surface area contributed by atoms with Gasteiger partial charge in [0.2, 0.25) is 0 Å². The van der Waals surface area contributed by atoms with Gasteiger partial charge < -0.3 is 5.32 Å². The summed E-state index contributed by atoms with van der Waals surface area (Å²) in [5.41, 5.74) is 0.683. The van der Waals surface area contributed by atoms with E-state index in [1.54, 1.807) is 0 Å². The third-order valence-corrected chi connectivity index (χ3v) is 5.14. The largest absolute Gasteiger partial charge is 0.351 e. The van der Waals surface area contributed by atoms with Crippen LogP contribution in [-0.2, 0) is 0 Å². The number of hydrogen-bond donors (Lipinski definition) is 1. The van der Waals surface area contributed by atoms with Crippen molar-refractivity contribution in [1.29, 1.82) is 0 Å². The summed E-state index contributed by atoms with van der Waals surface area (Å²) in [6.45, 7) is 2.72. The highest BCUT2D eigenvalue weighted by Crippen LogP contribution is 2.31. The van der Waals surface area contributed by atoms with Crippen molar-refractivity contribution in [2.24, 2.45) is 0 Å². The molecule has 1 rings (SSSR count). The zero-order valence-corrected chi connectivity index (χ0v) is 13.6. The first kappa shape index (κ1) is 13.7. The molecule has 0 saturated carbocycles. The number of amides is 1. The monoisotopic (exact) mass is 417 g/mol. The first-order chi connectivity index (χ1) is 7.04. The minimum atomic E-state index is -0.0401. The predicted octanol–water partition coefficient (Wildman–Crippen LogP) is 4.18. The molecule has 1 aromatic rings. The number of rotatable bonds is 4. The average Bonchev–Trinajstić information content (AvgIpc) is 2.53. The van der Waals surface area contributed by atoms with E-state index in [-0.39, 0.29) is 5.91 Å². The standard InChI is InChI=1S/C9H10Br3NOS/c1-2-5(10)4-13-9(14)6-3-7(11)15-8(6)12/h3,5H,2,4H2,1H3,(H,13,14). The van der Waals surface area contributed by atoms with Crippen molar-refractivity contribution >= 4 is 65.0 Å². The van der Waals surface area contributed by atoms with Gasteiger partial charge in [-0.2, -0.15) is 0 Å². The van der Waals surface area contributed by atoms with Crippen LogP contribution in [-0.4, -0.2) is 17.3 Å². The van der Waals surface area contributed by atoms with Gasteiger partial charge in [-0.25, -0.2) is 0 Å². The lowest BCUT2D eigenvalue weighted by Gasteiger charge is -2.07. The van der Waals surface area contributed by atoms with E-state index in [9.17, 15) is 4.79 Å². The highest BCUT2D eigenvalue weighted by molar-refractivity contribution is 9.12. The maximum atomic E-state index is 11.7. The topological polar surface area (TPSA) is 29.1 Å². The Labute approximate surface area is 118 Å². The first-order valence-corrected chi connectivity index (χ1v) is 7.73. The molecule has 1 atom stereocenters. The molecule has 0 radical (unpaired) electrons. The molecular formula is C9H10Br3NOS. The number of alkyl halides is 1. The maximum absolute atomic E-state index is 11.7. The van der Waals surface area contributed by atoms with Crippen LogP contribution in [0.5, 0.6) is 0 Å². The summed E-state index contributed by atoms with van der Waals surface area (Å²) in [4.78, 5) is 12.1. The van der Waals surface area contributed by atoms with E-state index in [2.05, 4.69) is 60.0 Å². The lowest BCUT2D eigenvalue weighted by atomic mass is 10.3. The number of nitrogens with one attached hydrogen (secondary N) is 1. The highest BCUT2D eigenvalue weighted by atomic mass is 79.9. The fourth-order valence-electron chi connectivity index (χ4n) is 0.938. The van der Waals surface area contributed by atoms with Crippen LogP contribution in [0.25, 0.3) is 0 Å². The third-order valence-electron chi connectivity index (χ3n) is 1.83. The molecule has 1 N–H and O–H groups in total. The lowest BCUT2D eigenvalue weighted by molar-refractivity contribution is 0.0953. The SMILES string of the molecule is CCC(Br)CNC(=O)c1cc(Br)sc1Br. The number of thiophene rings is 1. The van der Waals surface area contributed by atoms with Crippen molar-refractivity contribution in [3.63, 3.8) is 0 Å². The second-order valence-electron chi connectivity index (χ2n) is 2.95. The van der Waals surface area contributed by atoms with Crippen molar-refractivity contribution < 1.29 is 4.79 Å². The van der Waals surface area contributed by atoms with Gasteiger partial charge in [0.1, 0.15) is 0 Å². The van der Waals surface area contributed by atoms with E-state index >= 15 is 0 Å². The second kappa shape index (κ2) is 6.37. The van der Waals surface area contributed by atoms with Crippen LogP contribution in [0.15, 0.2) is 13.6 Å². The molecule has 6 heteroatoms. The van der Waals surface area contributed by atoms with E-state index in [0.717, 1.165) is 14.0 Å². The third kappa shape index (κ3) is 4.17. The molecule has 15 heavy (non-hydrogen) atoms. The molecule has 0 aliphatic rings. The van der Waals surface area contributed by atoms with Crippen molar-refractivity contribution in [1.82, 2.24) is 5.32 Å². The summed E-state index contributed by atoms with van der Waals surface area (Å²) >= 11 is 11.7. The smallest absolute Gasteiger partial charge is 0.253 e. The molecule has 1 amide bonds. The number of carbonyl (C=O) groups is 1. The Bertz CT molecular complexity index is 353. The van der Waals surface area contributed by atoms with Crippen molar-refractivity contribution in [2.75, 3.05) is 6.54 Å². The molecule has 1 aromatic heterocycles. The Morgan fingerprint density at radius 3 is 2.73 bits per heavy atom. The summed E-state index contributed by atoms with van der Waals surface area (Å²) in [5, 5.41) is 2.87. The van der Waals surface area contributed by atoms with Crippen LogP contribution < -0.4 is 5.32 Å². The molecular weight excluding hydrogens is 410 g/mol. The zero-order valence-electron chi connectivity index (χ0n) is 8.02. The van der Waals surface area contributed by atoms with E-state index in [1.165, 1.54) is 11.3 Å². The van der Waals surface area contributed by atoms with E-state index in [1.807, 2.05) is 6.07 Å². The van der Waals surface area contributed by atoms with Gasteiger partial charge in [0.15, 0.2) is 0 Å². The summed E-state index contributed by atoms with van der Waals surface area (Å²) in [6, 6.07) is 1.82. The van der Waals surface area contributed by atoms with Crippen LogP contribution in [0.4, 0.5) is 0 Å². The number of hydrogen-bond acceptors (Lipinski definition) is 2. The Kier molecular flexibility index (Phi) is 5.81. The first-order valence-electron chi connectivity index (χ1n) is 4.41. The Balaban J connectivity index is 2.58. The summed E-state index contributed by atoms with van der Waals surface area (Å²) < 4.78 is 1.81. The van der Waals surface area contributed by atoms with Gasteiger partial charge >= 0.3 is 0 Å². The van der Waals surface area contributed by atoms with Gasteiger partial charge in [0.05, 0.1) is 13.1 Å². The Morgan fingerprint density at radius 1 is 1.60 bits per heavy atom. The van der Waals surface area contributed by atoms with Crippen LogP contribution in [0.3, 0.4) is 0 Å². The van der Waals surface area contributed by atoms with Crippen LogP contribution in [0.2, 0.25) is 0 Å². The maximum Gasteiger partial charge on any atom is 0.253 e. The van der Waals surface area contributed by atoms with Crippen molar-refractivity contribution in [2.45, 2.75) is 18.2 Å². The van der Waals surface area contributed by atoms with Crippen molar-refractivity contribution in [3.8, 4) is 0 Å². The average molecular weight is 420 g/mol. The number of halogens is 3. The van der Waals surface area contributed by atoms with Gasteiger partial charge in [0, 0.05) is 11.4 Å². The lowest BCUT2D eigenvalue weighted by Crippen LogP contribution is -2.29. The molecule has 0 aromatic carbocycles. The Morgan fingerprint density at radius 2 is 2.27 bits per heavy atom. The molecule has 0 aliphatic heterocycles. The Hall–Kier alpha value is 0.610. The summed E-state index contributed by atoms with van der Waals surface area (Å²) in [7, 11) is 0. The van der Waals surface area contributed by atoms with E-state index < -0.39 is 0 Å². The fourth-order valence-corrected chi connectivity index (χ4v) is 3.89. The van der Waals surface area contributed by atoms with Gasteiger partial charge in [-0.3, -0.25) is 4.79 Å². The predicted molar refractivity (Wildman–Crippen MR) is 75.1 cm³/mol. The quantitative estimate of drug-likeness (QED) is 0.729.